The molecule has 0 radical (unpaired) electrons. The molecule has 0 aliphatic carbocycles. The Hall–Kier alpha value is -0.940. The van der Waals surface area contributed by atoms with Crippen LogP contribution in [-0.2, 0) is 6.54 Å². The molecule has 1 fully saturated rings. The van der Waals surface area contributed by atoms with Gasteiger partial charge in [0.2, 0.25) is 0 Å². The van der Waals surface area contributed by atoms with Crippen LogP contribution in [0, 0.1) is 6.92 Å². The van der Waals surface area contributed by atoms with Gasteiger partial charge >= 0.3 is 0 Å². The van der Waals surface area contributed by atoms with E-state index in [1.54, 1.807) is 0 Å². The summed E-state index contributed by atoms with van der Waals surface area (Å²) >= 11 is 0. The van der Waals surface area contributed by atoms with Crippen LogP contribution in [0.4, 0.5) is 0 Å². The molecule has 5 nitrogen and oxygen atoms in total. The van der Waals surface area contributed by atoms with Crippen LogP contribution < -0.4 is 5.32 Å². The molecule has 15 heavy (non-hydrogen) atoms. The molecule has 0 saturated carbocycles. The molecular weight excluding hydrogens is 192 g/mol. The van der Waals surface area contributed by atoms with Gasteiger partial charge in [0.1, 0.15) is 11.6 Å². The summed E-state index contributed by atoms with van der Waals surface area (Å²) in [6.45, 7) is 5.71. The minimum absolute atomic E-state index is 0.160. The van der Waals surface area contributed by atoms with Crippen LogP contribution in [0.15, 0.2) is 0 Å². The van der Waals surface area contributed by atoms with Crippen molar-refractivity contribution in [1.82, 2.24) is 20.1 Å². The molecular formula is C10H18N4O. The summed E-state index contributed by atoms with van der Waals surface area (Å²) in [6.07, 6.45) is 1.56. The van der Waals surface area contributed by atoms with Crippen LogP contribution in [0.5, 0.6) is 0 Å². The van der Waals surface area contributed by atoms with Crippen molar-refractivity contribution in [3.05, 3.63) is 11.6 Å². The van der Waals surface area contributed by atoms with Gasteiger partial charge in [-0.3, -0.25) is 0 Å². The second-order valence-electron chi connectivity index (χ2n) is 4.11. The smallest absolute Gasteiger partial charge is 0.150 e. The second-order valence-corrected chi connectivity index (χ2v) is 4.11. The lowest BCUT2D eigenvalue weighted by atomic mass is 10.2. The number of hydrogen-bond acceptors (Lipinski definition) is 4. The molecule has 1 aliphatic heterocycles. The summed E-state index contributed by atoms with van der Waals surface area (Å²) in [6, 6.07) is 0.160. The Morgan fingerprint density at radius 1 is 1.53 bits per heavy atom. The van der Waals surface area contributed by atoms with Gasteiger partial charge in [0.25, 0.3) is 0 Å². The Morgan fingerprint density at radius 2 is 2.33 bits per heavy atom. The fourth-order valence-electron chi connectivity index (χ4n) is 2.07. The third kappa shape index (κ3) is 2.03. The van der Waals surface area contributed by atoms with Crippen LogP contribution in [-0.4, -0.2) is 32.5 Å². The van der Waals surface area contributed by atoms with Gasteiger partial charge in [0.15, 0.2) is 0 Å². The van der Waals surface area contributed by atoms with Crippen molar-refractivity contribution in [2.45, 2.75) is 45.4 Å². The highest BCUT2D eigenvalue weighted by atomic mass is 16.3. The van der Waals surface area contributed by atoms with Gasteiger partial charge in [-0.2, -0.15) is 0 Å². The van der Waals surface area contributed by atoms with E-state index in [1.807, 2.05) is 6.92 Å². The lowest BCUT2D eigenvalue weighted by Crippen LogP contribution is -2.19. The standard InChI is InChI=1S/C10H18N4O/c1-3-4-14-7(2)12-13-10(14)9-5-8(15)6-11-9/h8-9,11,15H,3-6H2,1-2H3/t8-,9+/m1/s1. The summed E-state index contributed by atoms with van der Waals surface area (Å²) in [5, 5.41) is 21.0. The van der Waals surface area contributed by atoms with Gasteiger partial charge in [0.05, 0.1) is 12.1 Å². The van der Waals surface area contributed by atoms with Gasteiger partial charge in [-0.25, -0.2) is 0 Å². The van der Waals surface area contributed by atoms with Crippen molar-refractivity contribution in [3.63, 3.8) is 0 Å². The number of aryl methyl sites for hydroxylation is 1. The Bertz CT molecular complexity index is 336. The SMILES string of the molecule is CCCn1c(C)nnc1[C@@H]1C[C@@H](O)CN1. The van der Waals surface area contributed by atoms with Crippen LogP contribution >= 0.6 is 0 Å². The molecule has 2 atom stereocenters. The van der Waals surface area contributed by atoms with E-state index in [9.17, 15) is 5.11 Å². The first-order valence-electron chi connectivity index (χ1n) is 5.53. The summed E-state index contributed by atoms with van der Waals surface area (Å²) in [5.41, 5.74) is 0. The van der Waals surface area contributed by atoms with Crippen molar-refractivity contribution in [2.24, 2.45) is 0 Å². The Labute approximate surface area is 89.5 Å². The number of rotatable bonds is 3. The normalized spacial score (nSPS) is 26.1. The van der Waals surface area contributed by atoms with E-state index >= 15 is 0 Å². The van der Waals surface area contributed by atoms with Gasteiger partial charge in [0, 0.05) is 13.1 Å². The van der Waals surface area contributed by atoms with Gasteiger partial charge in [-0.15, -0.1) is 10.2 Å². The molecule has 5 heteroatoms. The Balaban J connectivity index is 2.20. The average molecular weight is 210 g/mol. The lowest BCUT2D eigenvalue weighted by Gasteiger charge is -2.12. The van der Waals surface area contributed by atoms with Gasteiger partial charge < -0.3 is 15.0 Å². The lowest BCUT2D eigenvalue weighted by molar-refractivity contribution is 0.192. The molecule has 0 amide bonds. The largest absolute Gasteiger partial charge is 0.392 e. The minimum Gasteiger partial charge on any atom is -0.392 e. The molecule has 1 aromatic heterocycles. The summed E-state index contributed by atoms with van der Waals surface area (Å²) in [5.74, 6) is 1.92. The number of β-amino-alcohol motifs (C(OH)–C–C–N with tert-alkyl or cyclic N) is 1. The van der Waals surface area contributed by atoms with E-state index in [0.29, 0.717) is 6.54 Å². The zero-order chi connectivity index (χ0) is 10.8. The maximum atomic E-state index is 9.47. The van der Waals surface area contributed by atoms with Crippen LogP contribution in [0.25, 0.3) is 0 Å². The summed E-state index contributed by atoms with van der Waals surface area (Å²) < 4.78 is 2.13. The van der Waals surface area contributed by atoms with Crippen LogP contribution in [0.3, 0.4) is 0 Å². The number of aliphatic hydroxyl groups excluding tert-OH is 1. The number of nitrogens with one attached hydrogen (secondary N) is 1. The van der Waals surface area contributed by atoms with E-state index < -0.39 is 0 Å². The maximum absolute atomic E-state index is 9.47. The van der Waals surface area contributed by atoms with Gasteiger partial charge in [-0.05, 0) is 19.8 Å². The highest BCUT2D eigenvalue weighted by molar-refractivity contribution is 5.03. The molecule has 84 valence electrons. The Morgan fingerprint density at radius 3 is 2.93 bits per heavy atom. The third-order valence-electron chi connectivity index (χ3n) is 2.83. The number of hydrogen-bond donors (Lipinski definition) is 2. The van der Waals surface area contributed by atoms with Crippen LogP contribution in [0.2, 0.25) is 0 Å². The third-order valence-corrected chi connectivity index (χ3v) is 2.83. The Kier molecular flexibility index (Phi) is 3.02. The zero-order valence-electron chi connectivity index (χ0n) is 9.27. The van der Waals surface area contributed by atoms with Crippen molar-refractivity contribution in [2.75, 3.05) is 6.54 Å². The van der Waals surface area contributed by atoms with Crippen LogP contribution in [0.1, 0.15) is 37.5 Å². The quantitative estimate of drug-likeness (QED) is 0.757. The average Bonchev–Trinajstić information content (AvgIpc) is 2.76. The molecule has 2 rings (SSSR count). The minimum atomic E-state index is -0.248. The maximum Gasteiger partial charge on any atom is 0.150 e. The molecule has 2 heterocycles. The fraction of sp³-hybridized carbons (Fsp3) is 0.800. The summed E-state index contributed by atoms with van der Waals surface area (Å²) in [4.78, 5) is 0. The van der Waals surface area contributed by atoms with Crippen molar-refractivity contribution in [1.29, 1.82) is 0 Å². The summed E-state index contributed by atoms with van der Waals surface area (Å²) in [7, 11) is 0. The van der Waals surface area contributed by atoms with Crippen molar-refractivity contribution in [3.8, 4) is 0 Å². The molecule has 1 saturated heterocycles. The van der Waals surface area contributed by atoms with Crippen molar-refractivity contribution < 1.29 is 5.11 Å². The van der Waals surface area contributed by atoms with Crippen molar-refractivity contribution >= 4 is 0 Å². The van der Waals surface area contributed by atoms with E-state index in [0.717, 1.165) is 31.0 Å². The first-order chi connectivity index (χ1) is 7.22. The second kappa shape index (κ2) is 4.28. The molecule has 1 aliphatic rings. The molecule has 2 N–H and O–H groups in total. The van der Waals surface area contributed by atoms with E-state index in [4.69, 9.17) is 0 Å². The number of nitrogens with zero attached hydrogens (tertiary/aromatic N) is 3. The first-order valence-corrected chi connectivity index (χ1v) is 5.53. The number of aliphatic hydroxyl groups is 1. The molecule has 0 bridgehead atoms. The monoisotopic (exact) mass is 210 g/mol. The predicted molar refractivity (Wildman–Crippen MR) is 56.4 cm³/mol. The van der Waals surface area contributed by atoms with E-state index in [2.05, 4.69) is 27.0 Å². The fourth-order valence-corrected chi connectivity index (χ4v) is 2.07. The highest BCUT2D eigenvalue weighted by Gasteiger charge is 2.27. The molecule has 0 aromatic carbocycles. The van der Waals surface area contributed by atoms with E-state index in [1.165, 1.54) is 0 Å². The molecule has 0 unspecified atom stereocenters. The van der Waals surface area contributed by atoms with Gasteiger partial charge in [-0.1, -0.05) is 6.92 Å². The number of aromatic nitrogens is 3. The van der Waals surface area contributed by atoms with E-state index in [-0.39, 0.29) is 12.1 Å². The first kappa shape index (κ1) is 10.6. The zero-order valence-corrected chi connectivity index (χ0v) is 9.27. The predicted octanol–water partition coefficient (Wildman–Crippen LogP) is 0.392. The highest BCUT2D eigenvalue weighted by Crippen LogP contribution is 2.22. The molecule has 0 spiro atoms. The topological polar surface area (TPSA) is 63.0 Å². The molecule has 1 aromatic rings.